The third-order valence-corrected chi connectivity index (χ3v) is 1.65. The fourth-order valence-electron chi connectivity index (χ4n) is 0.770. The van der Waals surface area contributed by atoms with Gasteiger partial charge in [0.15, 0.2) is 0 Å². The van der Waals surface area contributed by atoms with Crippen LogP contribution in [-0.2, 0) is 38.5 Å². The largest absolute Gasteiger partial charge is 0.784 e. The Morgan fingerprint density at radius 3 is 2.00 bits per heavy atom. The summed E-state index contributed by atoms with van der Waals surface area (Å²) in [6.07, 6.45) is 6.98. The fraction of sp³-hybridized carbons (Fsp3) is 0.0909. The Hall–Kier alpha value is -0.210. The van der Waals surface area contributed by atoms with Gasteiger partial charge < -0.3 is 12.6 Å². The van der Waals surface area contributed by atoms with E-state index in [4.69, 9.17) is 12.6 Å². The van der Waals surface area contributed by atoms with E-state index in [-0.39, 0.29) is 25.8 Å². The molecule has 1 aliphatic carbocycles. The maximum Gasteiger partial charge on any atom is 0 e. The van der Waals surface area contributed by atoms with E-state index in [0.29, 0.717) is 0 Å². The molecule has 0 aliphatic heterocycles. The van der Waals surface area contributed by atoms with Crippen molar-refractivity contribution in [1.29, 1.82) is 0 Å². The quantitative estimate of drug-likeness (QED) is 0.393. The Balaban J connectivity index is 0.000000206. The maximum absolute atomic E-state index is 4.80. The van der Waals surface area contributed by atoms with E-state index >= 15 is 0 Å². The van der Waals surface area contributed by atoms with Gasteiger partial charge >= 0.3 is 0 Å². The molecule has 0 spiro atoms. The second-order valence-electron chi connectivity index (χ2n) is 2.34. The number of hydrogen-bond donors (Lipinski definition) is 0. The van der Waals surface area contributed by atoms with E-state index in [1.807, 2.05) is 42.5 Å². The molecule has 0 saturated heterocycles. The predicted molar refractivity (Wildman–Crippen MR) is 54.5 cm³/mol. The average molecular weight is 353 g/mol. The molecule has 2 heteroatoms. The summed E-state index contributed by atoms with van der Waals surface area (Å²) < 4.78 is 0. The number of rotatable bonds is 0. The van der Waals surface area contributed by atoms with Gasteiger partial charge in [-0.15, -0.1) is 0 Å². The molecular weight excluding hydrogens is 343 g/mol. The third kappa shape index (κ3) is 6.91. The molecule has 1 aromatic rings. The molecule has 0 radical (unpaired) electrons. The zero-order chi connectivity index (χ0) is 8.65. The summed E-state index contributed by atoms with van der Waals surface area (Å²) in [6, 6.07) is 12.5. The molecule has 0 unspecified atom stereocenters. The van der Waals surface area contributed by atoms with Gasteiger partial charge in [-0.1, -0.05) is 18.2 Å². The van der Waals surface area contributed by atoms with Crippen molar-refractivity contribution in [2.75, 3.05) is 0 Å². The monoisotopic (exact) mass is 354 g/mol. The molecular formula is C11H10HfS-2. The Kier molecular flexibility index (Phi) is 8.26. The molecule has 13 heavy (non-hydrogen) atoms. The number of allylic oxidation sites excluding steroid dienone is 4. The van der Waals surface area contributed by atoms with Crippen LogP contribution in [0.15, 0.2) is 53.5 Å². The van der Waals surface area contributed by atoms with Crippen molar-refractivity contribution in [2.24, 2.45) is 0 Å². The second-order valence-corrected chi connectivity index (χ2v) is 2.87. The summed E-state index contributed by atoms with van der Waals surface area (Å²) in [7, 11) is 0. The zero-order valence-corrected chi connectivity index (χ0v) is 11.6. The molecule has 0 saturated carbocycles. The standard InChI is InChI=1S/C6H5.C5H6S.Hf/c1-2-4-6-5-3-1;6-5-3-1-2-4-5;/h1-5H;1-3,6H,4H2;/q-1;;/p-1. The van der Waals surface area contributed by atoms with Gasteiger partial charge in [0.1, 0.15) is 0 Å². The topological polar surface area (TPSA) is 0 Å². The molecule has 0 fully saturated rings. The van der Waals surface area contributed by atoms with E-state index in [2.05, 4.69) is 12.1 Å². The van der Waals surface area contributed by atoms with Crippen molar-refractivity contribution >= 4 is 12.6 Å². The maximum atomic E-state index is 4.80. The van der Waals surface area contributed by atoms with E-state index in [1.165, 1.54) is 0 Å². The van der Waals surface area contributed by atoms with Crippen molar-refractivity contribution in [3.8, 4) is 0 Å². The van der Waals surface area contributed by atoms with Crippen molar-refractivity contribution in [3.05, 3.63) is 59.5 Å². The third-order valence-electron chi connectivity index (χ3n) is 1.34. The van der Waals surface area contributed by atoms with Gasteiger partial charge in [-0.3, -0.25) is 0 Å². The first-order valence-electron chi connectivity index (χ1n) is 3.83. The molecule has 0 heterocycles. The summed E-state index contributed by atoms with van der Waals surface area (Å²) in [6.45, 7) is 0. The van der Waals surface area contributed by atoms with Crippen molar-refractivity contribution in [3.63, 3.8) is 0 Å². The molecule has 1 aromatic carbocycles. The van der Waals surface area contributed by atoms with Crippen LogP contribution in [0.2, 0.25) is 0 Å². The Morgan fingerprint density at radius 1 is 1.15 bits per heavy atom. The van der Waals surface area contributed by atoms with Crippen LogP contribution in [0.3, 0.4) is 0 Å². The molecule has 0 nitrogen and oxygen atoms in total. The van der Waals surface area contributed by atoms with E-state index in [9.17, 15) is 0 Å². The first kappa shape index (κ1) is 12.8. The first-order valence-corrected chi connectivity index (χ1v) is 4.24. The molecule has 0 amide bonds. The number of benzene rings is 1. The molecule has 0 N–H and O–H groups in total. The summed E-state index contributed by atoms with van der Waals surface area (Å²) in [5.74, 6) is 0. The van der Waals surface area contributed by atoms with E-state index < -0.39 is 0 Å². The molecule has 0 atom stereocenters. The van der Waals surface area contributed by atoms with Gasteiger partial charge in [-0.25, -0.2) is 0 Å². The van der Waals surface area contributed by atoms with Crippen LogP contribution >= 0.6 is 0 Å². The van der Waals surface area contributed by atoms with Crippen LogP contribution in [0.4, 0.5) is 0 Å². The predicted octanol–water partition coefficient (Wildman–Crippen LogP) is 2.86. The Morgan fingerprint density at radius 2 is 1.85 bits per heavy atom. The molecule has 0 aromatic heterocycles. The summed E-state index contributed by atoms with van der Waals surface area (Å²) in [5.41, 5.74) is 0. The zero-order valence-electron chi connectivity index (χ0n) is 7.23. The van der Waals surface area contributed by atoms with Gasteiger partial charge in [0, 0.05) is 25.8 Å². The first-order chi connectivity index (χ1) is 5.89. The van der Waals surface area contributed by atoms with Gasteiger partial charge in [0.2, 0.25) is 0 Å². The fourth-order valence-corrected chi connectivity index (χ4v) is 0.944. The van der Waals surface area contributed by atoms with Crippen LogP contribution in [0, 0.1) is 6.07 Å². The van der Waals surface area contributed by atoms with Crippen LogP contribution in [-0.4, -0.2) is 0 Å². The number of hydrogen-bond acceptors (Lipinski definition) is 1. The van der Waals surface area contributed by atoms with Crippen molar-refractivity contribution in [1.82, 2.24) is 0 Å². The summed E-state index contributed by atoms with van der Waals surface area (Å²) >= 11 is 4.80. The minimum Gasteiger partial charge on any atom is -0.784 e. The van der Waals surface area contributed by atoms with E-state index in [0.717, 1.165) is 11.3 Å². The van der Waals surface area contributed by atoms with Crippen LogP contribution in [0.1, 0.15) is 6.42 Å². The Labute approximate surface area is 104 Å². The normalized spacial score (nSPS) is 12.2. The van der Waals surface area contributed by atoms with Gasteiger partial charge in [-0.05, 0) is 6.42 Å². The molecule has 1 aliphatic rings. The van der Waals surface area contributed by atoms with Gasteiger partial charge in [0.05, 0.1) is 0 Å². The van der Waals surface area contributed by atoms with Gasteiger partial charge in [0.25, 0.3) is 0 Å². The van der Waals surface area contributed by atoms with Crippen molar-refractivity contribution in [2.45, 2.75) is 6.42 Å². The van der Waals surface area contributed by atoms with E-state index in [1.54, 1.807) is 0 Å². The van der Waals surface area contributed by atoms with Gasteiger partial charge in [-0.2, -0.15) is 41.3 Å². The summed E-state index contributed by atoms with van der Waals surface area (Å²) in [5, 5.41) is 0. The summed E-state index contributed by atoms with van der Waals surface area (Å²) in [4.78, 5) is 1.05. The minimum atomic E-state index is 0. The molecule has 2 rings (SSSR count). The second kappa shape index (κ2) is 8.39. The SMILES string of the molecule is [Hf].[S-]C1=CC=CC1.[c-]1ccccc1. The average Bonchev–Trinajstić information content (AvgIpc) is 2.60. The van der Waals surface area contributed by atoms with Crippen LogP contribution < -0.4 is 0 Å². The smallest absolute Gasteiger partial charge is 0 e. The van der Waals surface area contributed by atoms with Crippen LogP contribution in [0.25, 0.3) is 0 Å². The Bertz CT molecular complexity index is 238. The van der Waals surface area contributed by atoms with Crippen LogP contribution in [0.5, 0.6) is 0 Å². The minimum absolute atomic E-state index is 0. The molecule has 0 bridgehead atoms. The molecule has 66 valence electrons. The van der Waals surface area contributed by atoms with Crippen molar-refractivity contribution < 1.29 is 25.8 Å².